The Balaban J connectivity index is 1.46. The molecule has 0 saturated carbocycles. The van der Waals surface area contributed by atoms with Crippen LogP contribution < -0.4 is 10.1 Å². The van der Waals surface area contributed by atoms with Crippen LogP contribution in [-0.2, 0) is 13.0 Å². The third-order valence-corrected chi connectivity index (χ3v) is 4.52. The molecule has 0 saturated heterocycles. The highest BCUT2D eigenvalue weighted by atomic mass is 19.4. The minimum absolute atomic E-state index is 0.229. The van der Waals surface area contributed by atoms with Gasteiger partial charge in [0.05, 0.1) is 5.69 Å². The van der Waals surface area contributed by atoms with Gasteiger partial charge < -0.3 is 10.1 Å². The van der Waals surface area contributed by atoms with E-state index in [1.165, 1.54) is 28.8 Å². The summed E-state index contributed by atoms with van der Waals surface area (Å²) in [6.07, 6.45) is -3.86. The maximum atomic E-state index is 12.2. The van der Waals surface area contributed by atoms with Crippen molar-refractivity contribution in [3.63, 3.8) is 0 Å². The molecule has 0 amide bonds. The quantitative estimate of drug-likeness (QED) is 0.550. The number of halogens is 3. The lowest BCUT2D eigenvalue weighted by Gasteiger charge is -2.10. The number of rotatable bonds is 4. The summed E-state index contributed by atoms with van der Waals surface area (Å²) in [6.45, 7) is 2.55. The van der Waals surface area contributed by atoms with E-state index in [1.54, 1.807) is 12.1 Å². The maximum absolute atomic E-state index is 12.2. The Hall–Kier alpha value is -2.96. The molecule has 0 unspecified atom stereocenters. The second-order valence-electron chi connectivity index (χ2n) is 6.25. The zero-order valence-corrected chi connectivity index (χ0v) is 13.9. The minimum Gasteiger partial charge on any atom is -0.406 e. The number of benzene rings is 2. The molecule has 3 aromatic rings. The monoisotopic (exact) mass is 359 g/mol. The molecule has 1 aliphatic rings. The van der Waals surface area contributed by atoms with Gasteiger partial charge in [0.25, 0.3) is 0 Å². The number of nitrogens with one attached hydrogen (secondary N) is 2. The number of fused-ring (bicyclic) bond motifs is 3. The van der Waals surface area contributed by atoms with E-state index < -0.39 is 6.36 Å². The highest BCUT2D eigenvalue weighted by Gasteiger charge is 2.31. The number of aromatic nitrogens is 2. The zero-order valence-electron chi connectivity index (χ0n) is 13.9. The molecule has 2 aromatic carbocycles. The summed E-state index contributed by atoms with van der Waals surface area (Å²) in [5, 5.41) is 10.7. The van der Waals surface area contributed by atoms with Gasteiger partial charge in [-0.25, -0.2) is 0 Å². The maximum Gasteiger partial charge on any atom is 0.573 e. The Morgan fingerprint density at radius 1 is 1.12 bits per heavy atom. The number of ether oxygens (including phenoxy) is 1. The molecule has 0 spiro atoms. The molecule has 1 aliphatic carbocycles. The Kier molecular flexibility index (Phi) is 3.86. The highest BCUT2D eigenvalue weighted by molar-refractivity contribution is 5.79. The summed E-state index contributed by atoms with van der Waals surface area (Å²) in [6, 6.07) is 12.0. The molecule has 1 aromatic heterocycles. The molecular weight excluding hydrogens is 343 g/mol. The number of aryl methyl sites for hydroxylation is 1. The number of hydrogen-bond acceptors (Lipinski definition) is 3. The van der Waals surface area contributed by atoms with Gasteiger partial charge in [0.15, 0.2) is 5.82 Å². The predicted molar refractivity (Wildman–Crippen MR) is 92.0 cm³/mol. The lowest BCUT2D eigenvalue weighted by molar-refractivity contribution is -0.274. The van der Waals surface area contributed by atoms with E-state index in [-0.39, 0.29) is 5.75 Å². The van der Waals surface area contributed by atoms with Crippen LogP contribution in [0.5, 0.6) is 5.75 Å². The van der Waals surface area contributed by atoms with Crippen molar-refractivity contribution in [2.45, 2.75) is 26.3 Å². The molecular formula is C19H16F3N3O. The fourth-order valence-corrected chi connectivity index (χ4v) is 3.25. The Labute approximate surface area is 148 Å². The van der Waals surface area contributed by atoms with Crippen molar-refractivity contribution in [2.75, 3.05) is 5.32 Å². The van der Waals surface area contributed by atoms with Crippen molar-refractivity contribution in [3.8, 4) is 17.0 Å². The summed E-state index contributed by atoms with van der Waals surface area (Å²) >= 11 is 0. The fraction of sp³-hybridized carbons (Fsp3) is 0.211. The van der Waals surface area contributed by atoms with Crippen molar-refractivity contribution in [2.24, 2.45) is 0 Å². The second kappa shape index (κ2) is 6.09. The van der Waals surface area contributed by atoms with Gasteiger partial charge in [0.1, 0.15) is 5.75 Å². The Morgan fingerprint density at radius 2 is 1.88 bits per heavy atom. The average molecular weight is 359 g/mol. The van der Waals surface area contributed by atoms with Crippen LogP contribution in [0.15, 0.2) is 42.5 Å². The standard InChI is InChI=1S/C19H16F3N3O/c1-11-3-2-4-14-15(11)9-16-17(14)24-25-18(16)23-10-12-5-7-13(8-6-12)26-19(20,21)22/h2-8H,9-10H2,1H3,(H2,23,24,25). The molecule has 0 radical (unpaired) electrons. The van der Waals surface area contributed by atoms with Gasteiger partial charge in [-0.1, -0.05) is 30.3 Å². The number of nitrogens with zero attached hydrogens (tertiary/aromatic N) is 1. The van der Waals surface area contributed by atoms with Crippen molar-refractivity contribution in [3.05, 3.63) is 64.7 Å². The number of alkyl halides is 3. The third kappa shape index (κ3) is 3.12. The molecule has 134 valence electrons. The van der Waals surface area contributed by atoms with Crippen LogP contribution in [0, 0.1) is 6.92 Å². The molecule has 0 atom stereocenters. The minimum atomic E-state index is -4.68. The smallest absolute Gasteiger partial charge is 0.406 e. The lowest BCUT2D eigenvalue weighted by Crippen LogP contribution is -2.17. The summed E-state index contributed by atoms with van der Waals surface area (Å²) in [4.78, 5) is 0. The van der Waals surface area contributed by atoms with E-state index in [0.717, 1.165) is 29.1 Å². The molecule has 0 fully saturated rings. The van der Waals surface area contributed by atoms with Gasteiger partial charge >= 0.3 is 6.36 Å². The van der Waals surface area contributed by atoms with E-state index in [9.17, 15) is 13.2 Å². The van der Waals surface area contributed by atoms with Crippen LogP contribution in [0.2, 0.25) is 0 Å². The van der Waals surface area contributed by atoms with E-state index in [1.807, 2.05) is 6.07 Å². The summed E-state index contributed by atoms with van der Waals surface area (Å²) < 4.78 is 40.5. The predicted octanol–water partition coefficient (Wildman–Crippen LogP) is 4.80. The SMILES string of the molecule is Cc1cccc2c1Cc1c(NCc3ccc(OC(F)(F)F)cc3)n[nH]c1-2. The molecule has 4 rings (SSSR count). The first-order valence-electron chi connectivity index (χ1n) is 8.15. The van der Waals surface area contributed by atoms with Crippen LogP contribution in [-0.4, -0.2) is 16.6 Å². The van der Waals surface area contributed by atoms with Gasteiger partial charge in [-0.15, -0.1) is 13.2 Å². The first-order chi connectivity index (χ1) is 12.4. The largest absolute Gasteiger partial charge is 0.573 e. The second-order valence-corrected chi connectivity index (χ2v) is 6.25. The fourth-order valence-electron chi connectivity index (χ4n) is 3.25. The van der Waals surface area contributed by atoms with Crippen molar-refractivity contribution in [1.29, 1.82) is 0 Å². The van der Waals surface area contributed by atoms with Crippen LogP contribution in [0.25, 0.3) is 11.3 Å². The van der Waals surface area contributed by atoms with Gasteiger partial charge in [-0.3, -0.25) is 5.10 Å². The first-order valence-corrected chi connectivity index (χ1v) is 8.15. The molecule has 2 N–H and O–H groups in total. The molecule has 26 heavy (non-hydrogen) atoms. The Bertz CT molecular complexity index is 946. The summed E-state index contributed by atoms with van der Waals surface area (Å²) in [5.74, 6) is 0.541. The lowest BCUT2D eigenvalue weighted by atomic mass is 10.0. The Morgan fingerprint density at radius 3 is 2.62 bits per heavy atom. The van der Waals surface area contributed by atoms with Crippen molar-refractivity contribution < 1.29 is 17.9 Å². The summed E-state index contributed by atoms with van der Waals surface area (Å²) in [7, 11) is 0. The van der Waals surface area contributed by atoms with Gasteiger partial charge in [0, 0.05) is 24.1 Å². The number of H-pyrrole nitrogens is 1. The van der Waals surface area contributed by atoms with E-state index in [0.29, 0.717) is 6.54 Å². The van der Waals surface area contributed by atoms with E-state index in [2.05, 4.69) is 39.3 Å². The van der Waals surface area contributed by atoms with Gasteiger partial charge in [-0.05, 0) is 35.7 Å². The van der Waals surface area contributed by atoms with Gasteiger partial charge in [0.2, 0.25) is 0 Å². The normalized spacial score (nSPS) is 12.6. The molecule has 1 heterocycles. The van der Waals surface area contributed by atoms with Crippen molar-refractivity contribution >= 4 is 5.82 Å². The topological polar surface area (TPSA) is 49.9 Å². The third-order valence-electron chi connectivity index (χ3n) is 4.52. The van der Waals surface area contributed by atoms with Crippen LogP contribution in [0.3, 0.4) is 0 Å². The van der Waals surface area contributed by atoms with Crippen molar-refractivity contribution in [1.82, 2.24) is 10.2 Å². The van der Waals surface area contributed by atoms with Gasteiger partial charge in [-0.2, -0.15) is 5.10 Å². The number of anilines is 1. The molecule has 7 heteroatoms. The van der Waals surface area contributed by atoms with Crippen LogP contribution >= 0.6 is 0 Å². The van der Waals surface area contributed by atoms with Crippen LogP contribution in [0.4, 0.5) is 19.0 Å². The number of hydrogen-bond donors (Lipinski definition) is 2. The molecule has 0 bridgehead atoms. The first kappa shape index (κ1) is 16.5. The van der Waals surface area contributed by atoms with E-state index >= 15 is 0 Å². The van der Waals surface area contributed by atoms with Crippen LogP contribution in [0.1, 0.15) is 22.3 Å². The van der Waals surface area contributed by atoms with E-state index in [4.69, 9.17) is 0 Å². The highest BCUT2D eigenvalue weighted by Crippen LogP contribution is 2.40. The average Bonchev–Trinajstić information content (AvgIpc) is 3.13. The summed E-state index contributed by atoms with van der Waals surface area (Å²) in [5.41, 5.74) is 6.70. The molecule has 0 aliphatic heterocycles. The zero-order chi connectivity index (χ0) is 18.3. The number of aromatic amines is 1. The molecule has 4 nitrogen and oxygen atoms in total.